The number of hydrogen-bond acceptors (Lipinski definition) is 6. The van der Waals surface area contributed by atoms with Crippen LogP contribution >= 0.6 is 34.9 Å². The van der Waals surface area contributed by atoms with Crippen LogP contribution in [0.4, 0.5) is 5.13 Å². The highest BCUT2D eigenvalue weighted by atomic mass is 32.2. The molecule has 1 spiro atoms. The number of hydrogen-bond donors (Lipinski definition) is 1. The third kappa shape index (κ3) is 2.93. The molecule has 3 fully saturated rings. The van der Waals surface area contributed by atoms with Crippen LogP contribution in [0.5, 0.6) is 0 Å². The SMILES string of the molecule is CCc1nnc(NC(=O)C2CC3CCCC(C2)C32SCCS2)s1. The predicted molar refractivity (Wildman–Crippen MR) is 99.1 cm³/mol. The quantitative estimate of drug-likeness (QED) is 0.871. The molecule has 126 valence electrons. The second kappa shape index (κ2) is 6.56. The van der Waals surface area contributed by atoms with Gasteiger partial charge in [-0.3, -0.25) is 4.79 Å². The van der Waals surface area contributed by atoms with Crippen LogP contribution in [0.2, 0.25) is 0 Å². The van der Waals surface area contributed by atoms with Crippen molar-refractivity contribution < 1.29 is 4.79 Å². The van der Waals surface area contributed by atoms with Gasteiger partial charge in [0, 0.05) is 17.4 Å². The van der Waals surface area contributed by atoms with E-state index in [1.54, 1.807) is 0 Å². The molecule has 7 heteroatoms. The van der Waals surface area contributed by atoms with Crippen molar-refractivity contribution in [3.63, 3.8) is 0 Å². The van der Waals surface area contributed by atoms with Gasteiger partial charge in [-0.15, -0.1) is 33.7 Å². The largest absolute Gasteiger partial charge is 0.300 e. The lowest BCUT2D eigenvalue weighted by Crippen LogP contribution is -2.48. The third-order valence-electron chi connectivity index (χ3n) is 5.49. The maximum Gasteiger partial charge on any atom is 0.229 e. The van der Waals surface area contributed by atoms with E-state index in [2.05, 4.69) is 46.0 Å². The van der Waals surface area contributed by atoms with E-state index in [1.165, 1.54) is 42.1 Å². The van der Waals surface area contributed by atoms with Gasteiger partial charge in [-0.2, -0.15) is 0 Å². The number of anilines is 1. The Hall–Kier alpha value is -0.270. The van der Waals surface area contributed by atoms with Crippen LogP contribution in [0, 0.1) is 17.8 Å². The Kier molecular flexibility index (Phi) is 4.62. The van der Waals surface area contributed by atoms with Crippen LogP contribution in [-0.4, -0.2) is 31.7 Å². The smallest absolute Gasteiger partial charge is 0.229 e. The summed E-state index contributed by atoms with van der Waals surface area (Å²) in [5.74, 6) is 4.33. The minimum atomic E-state index is 0.159. The van der Waals surface area contributed by atoms with Crippen molar-refractivity contribution in [1.82, 2.24) is 10.2 Å². The van der Waals surface area contributed by atoms with Gasteiger partial charge in [0.05, 0.1) is 4.08 Å². The average Bonchev–Trinajstić information content (AvgIpc) is 3.17. The highest BCUT2D eigenvalue weighted by Gasteiger charge is 2.55. The van der Waals surface area contributed by atoms with Crippen LogP contribution in [0.1, 0.15) is 44.0 Å². The molecule has 1 saturated heterocycles. The number of nitrogens with one attached hydrogen (secondary N) is 1. The zero-order valence-electron chi connectivity index (χ0n) is 13.4. The summed E-state index contributed by atoms with van der Waals surface area (Å²) in [6.45, 7) is 2.06. The molecular formula is C16H23N3OS3. The summed E-state index contributed by atoms with van der Waals surface area (Å²) in [5, 5.41) is 12.9. The molecule has 0 aromatic carbocycles. The van der Waals surface area contributed by atoms with Gasteiger partial charge in [0.15, 0.2) is 0 Å². The van der Waals surface area contributed by atoms with Gasteiger partial charge in [0.2, 0.25) is 11.0 Å². The van der Waals surface area contributed by atoms with Crippen molar-refractivity contribution in [2.24, 2.45) is 17.8 Å². The number of carbonyl (C=O) groups excluding carboxylic acids is 1. The molecule has 2 aliphatic carbocycles. The van der Waals surface area contributed by atoms with E-state index in [1.807, 2.05) is 0 Å². The molecule has 4 nitrogen and oxygen atoms in total. The lowest BCUT2D eigenvalue weighted by Gasteiger charge is -2.51. The van der Waals surface area contributed by atoms with Gasteiger partial charge in [-0.1, -0.05) is 24.7 Å². The molecule has 1 N–H and O–H groups in total. The van der Waals surface area contributed by atoms with Crippen molar-refractivity contribution in [1.29, 1.82) is 0 Å². The standard InChI is InChI=1S/C16H23N3OS3/c1-2-13-18-19-15(23-13)17-14(20)10-8-11-4-3-5-12(9-10)16(11)21-6-7-22-16/h10-12H,2-9H2,1H3,(H,17,19,20). The van der Waals surface area contributed by atoms with Crippen LogP contribution in [0.3, 0.4) is 0 Å². The van der Waals surface area contributed by atoms with Crippen molar-refractivity contribution in [2.45, 2.75) is 49.5 Å². The van der Waals surface area contributed by atoms with E-state index in [4.69, 9.17) is 0 Å². The fourth-order valence-electron chi connectivity index (χ4n) is 4.48. The summed E-state index contributed by atoms with van der Waals surface area (Å²) in [5.41, 5.74) is 0. The van der Waals surface area contributed by atoms with Crippen molar-refractivity contribution >= 4 is 45.9 Å². The minimum Gasteiger partial charge on any atom is -0.300 e. The van der Waals surface area contributed by atoms with E-state index in [0.29, 0.717) is 21.0 Å². The van der Waals surface area contributed by atoms with E-state index < -0.39 is 0 Å². The molecular weight excluding hydrogens is 346 g/mol. The van der Waals surface area contributed by atoms with Gasteiger partial charge in [-0.25, -0.2) is 0 Å². The van der Waals surface area contributed by atoms with Gasteiger partial charge in [0.25, 0.3) is 0 Å². The summed E-state index contributed by atoms with van der Waals surface area (Å²) in [4.78, 5) is 12.7. The zero-order chi connectivity index (χ0) is 15.9. The molecule has 23 heavy (non-hydrogen) atoms. The molecule has 1 aromatic rings. The lowest BCUT2D eigenvalue weighted by molar-refractivity contribution is -0.122. The van der Waals surface area contributed by atoms with Gasteiger partial charge < -0.3 is 5.32 Å². The number of thioether (sulfide) groups is 2. The molecule has 2 unspecified atom stereocenters. The normalized spacial score (nSPS) is 32.1. The lowest BCUT2D eigenvalue weighted by atomic mass is 9.67. The molecule has 2 saturated carbocycles. The van der Waals surface area contributed by atoms with Crippen LogP contribution in [-0.2, 0) is 11.2 Å². The Balaban J connectivity index is 1.45. The fraction of sp³-hybridized carbons (Fsp3) is 0.812. The molecule has 1 aliphatic heterocycles. The summed E-state index contributed by atoms with van der Waals surface area (Å²) in [7, 11) is 0. The minimum absolute atomic E-state index is 0.159. The van der Waals surface area contributed by atoms with E-state index in [-0.39, 0.29) is 11.8 Å². The summed E-state index contributed by atoms with van der Waals surface area (Å²) >= 11 is 5.89. The number of rotatable bonds is 3. The monoisotopic (exact) mass is 369 g/mol. The van der Waals surface area contributed by atoms with Crippen LogP contribution in [0.25, 0.3) is 0 Å². The molecule has 2 heterocycles. The second-order valence-corrected chi connectivity index (χ2v) is 10.8. The first-order chi connectivity index (χ1) is 11.2. The molecule has 0 radical (unpaired) electrons. The zero-order valence-corrected chi connectivity index (χ0v) is 15.9. The number of carbonyl (C=O) groups is 1. The molecule has 1 aromatic heterocycles. The number of aryl methyl sites for hydroxylation is 1. The Bertz CT molecular complexity index is 569. The van der Waals surface area contributed by atoms with Crippen LogP contribution in [0.15, 0.2) is 0 Å². The maximum absolute atomic E-state index is 12.7. The fourth-order valence-corrected chi connectivity index (χ4v) is 9.10. The van der Waals surface area contributed by atoms with Gasteiger partial charge in [-0.05, 0) is 43.9 Å². The number of aromatic nitrogens is 2. The van der Waals surface area contributed by atoms with Crippen molar-refractivity contribution in [2.75, 3.05) is 16.8 Å². The topological polar surface area (TPSA) is 54.9 Å². The molecule has 2 atom stereocenters. The van der Waals surface area contributed by atoms with E-state index >= 15 is 0 Å². The summed E-state index contributed by atoms with van der Waals surface area (Å²) in [6, 6.07) is 0. The average molecular weight is 370 g/mol. The van der Waals surface area contributed by atoms with E-state index in [0.717, 1.165) is 24.3 Å². The first-order valence-corrected chi connectivity index (χ1v) is 11.4. The molecule has 2 bridgehead atoms. The first kappa shape index (κ1) is 16.2. The highest BCUT2D eigenvalue weighted by molar-refractivity contribution is 8.21. The summed E-state index contributed by atoms with van der Waals surface area (Å²) < 4.78 is 0.438. The third-order valence-corrected chi connectivity index (χ3v) is 10.5. The maximum atomic E-state index is 12.7. The highest BCUT2D eigenvalue weighted by Crippen LogP contribution is 2.64. The second-order valence-electron chi connectivity index (χ2n) is 6.76. The first-order valence-electron chi connectivity index (χ1n) is 8.62. The van der Waals surface area contributed by atoms with Crippen molar-refractivity contribution in [3.8, 4) is 0 Å². The number of nitrogens with zero attached hydrogens (tertiary/aromatic N) is 2. The predicted octanol–water partition coefficient (Wildman–Crippen LogP) is 4.04. The van der Waals surface area contributed by atoms with Crippen molar-refractivity contribution in [3.05, 3.63) is 5.01 Å². The molecule has 1 amide bonds. The Morgan fingerprint density at radius 1 is 1.22 bits per heavy atom. The Morgan fingerprint density at radius 2 is 1.91 bits per heavy atom. The van der Waals surface area contributed by atoms with Gasteiger partial charge >= 0.3 is 0 Å². The summed E-state index contributed by atoms with van der Waals surface area (Å²) in [6.07, 6.45) is 6.95. The molecule has 4 rings (SSSR count). The molecule has 3 aliphatic rings. The van der Waals surface area contributed by atoms with Crippen LogP contribution < -0.4 is 5.32 Å². The Labute approximate surface area is 150 Å². The Morgan fingerprint density at radius 3 is 2.52 bits per heavy atom. The van der Waals surface area contributed by atoms with Gasteiger partial charge in [0.1, 0.15) is 5.01 Å². The number of amides is 1. The van der Waals surface area contributed by atoms with E-state index in [9.17, 15) is 4.79 Å².